The summed E-state index contributed by atoms with van der Waals surface area (Å²) in [5.41, 5.74) is 7.20. The quantitative estimate of drug-likeness (QED) is 0.337. The lowest BCUT2D eigenvalue weighted by atomic mass is 9.96. The van der Waals surface area contributed by atoms with Gasteiger partial charge < -0.3 is 5.73 Å². The van der Waals surface area contributed by atoms with Gasteiger partial charge in [0.25, 0.3) is 0 Å². The third-order valence-electron chi connectivity index (χ3n) is 1.81. The Morgan fingerprint density at radius 2 is 2.15 bits per heavy atom. The van der Waals surface area contributed by atoms with Gasteiger partial charge in [-0.15, -0.1) is 0 Å². The first kappa shape index (κ1) is 12.7. The van der Waals surface area contributed by atoms with E-state index in [2.05, 4.69) is 5.43 Å². The summed E-state index contributed by atoms with van der Waals surface area (Å²) in [4.78, 5) is 11.3. The summed E-state index contributed by atoms with van der Waals surface area (Å²) < 4.78 is 0. The zero-order valence-corrected chi connectivity index (χ0v) is 9.28. The minimum atomic E-state index is -0.428. The summed E-state index contributed by atoms with van der Waals surface area (Å²) in [6.45, 7) is 6.41. The van der Waals surface area contributed by atoms with Gasteiger partial charge in [-0.05, 0) is 0 Å². The van der Waals surface area contributed by atoms with Crippen LogP contribution in [0.2, 0.25) is 0 Å². The Balaban J connectivity index is 3.95. The summed E-state index contributed by atoms with van der Waals surface area (Å²) in [6, 6.07) is 0. The molecular formula is C8H19N3OS. The molecule has 4 nitrogen and oxygen atoms in total. The van der Waals surface area contributed by atoms with Gasteiger partial charge in [-0.25, -0.2) is 5.84 Å². The molecule has 0 spiro atoms. The molecule has 0 aliphatic heterocycles. The number of hydrogen-bond donors (Lipinski definition) is 3. The van der Waals surface area contributed by atoms with Crippen LogP contribution in [0.4, 0.5) is 0 Å². The van der Waals surface area contributed by atoms with E-state index >= 15 is 0 Å². The second-order valence-electron chi connectivity index (χ2n) is 3.71. The minimum absolute atomic E-state index is 0.135. The van der Waals surface area contributed by atoms with Gasteiger partial charge in [0.05, 0.1) is 5.41 Å². The predicted octanol–water partition coefficient (Wildman–Crippen LogP) is 0.0829. The van der Waals surface area contributed by atoms with Crippen molar-refractivity contribution in [1.29, 1.82) is 0 Å². The Labute approximate surface area is 83.8 Å². The first-order chi connectivity index (χ1) is 5.94. The maximum absolute atomic E-state index is 11.3. The average Bonchev–Trinajstić information content (AvgIpc) is 2.12. The Hall–Kier alpha value is -0.260. The highest BCUT2D eigenvalue weighted by atomic mass is 32.2. The van der Waals surface area contributed by atoms with Gasteiger partial charge >= 0.3 is 0 Å². The molecule has 0 aromatic rings. The molecule has 0 saturated heterocycles. The molecule has 0 saturated carbocycles. The summed E-state index contributed by atoms with van der Waals surface area (Å²) in [7, 11) is 0. The lowest BCUT2D eigenvalue weighted by Crippen LogP contribution is -2.42. The molecule has 13 heavy (non-hydrogen) atoms. The number of nitrogens with one attached hydrogen (secondary N) is 1. The third-order valence-corrected chi connectivity index (χ3v) is 3.46. The van der Waals surface area contributed by atoms with E-state index in [0.29, 0.717) is 11.8 Å². The van der Waals surface area contributed by atoms with Crippen LogP contribution in [0.25, 0.3) is 0 Å². The topological polar surface area (TPSA) is 81.1 Å². The molecule has 0 aliphatic carbocycles. The number of hydrazine groups is 1. The molecule has 0 heterocycles. The molecule has 1 atom stereocenters. The molecule has 0 aromatic carbocycles. The van der Waals surface area contributed by atoms with Crippen LogP contribution in [0.5, 0.6) is 0 Å². The van der Waals surface area contributed by atoms with Crippen molar-refractivity contribution in [3.8, 4) is 0 Å². The summed E-state index contributed by atoms with van der Waals surface area (Å²) in [5, 5.41) is 0.379. The highest BCUT2D eigenvalue weighted by Crippen LogP contribution is 2.24. The van der Waals surface area contributed by atoms with Crippen molar-refractivity contribution in [2.24, 2.45) is 17.0 Å². The van der Waals surface area contributed by atoms with E-state index in [1.807, 2.05) is 20.8 Å². The SMILES string of the molecule is CC(CN)SCC(C)(C)C(=O)NN. The van der Waals surface area contributed by atoms with Crippen LogP contribution in [-0.2, 0) is 4.79 Å². The number of carbonyl (C=O) groups excluding carboxylic acids is 1. The Morgan fingerprint density at radius 3 is 2.54 bits per heavy atom. The normalized spacial score (nSPS) is 13.9. The largest absolute Gasteiger partial charge is 0.329 e. The van der Waals surface area contributed by atoms with Crippen LogP contribution in [0.15, 0.2) is 0 Å². The van der Waals surface area contributed by atoms with Gasteiger partial charge in [-0.3, -0.25) is 10.2 Å². The van der Waals surface area contributed by atoms with Crippen molar-refractivity contribution < 1.29 is 4.79 Å². The molecule has 5 heteroatoms. The average molecular weight is 205 g/mol. The second-order valence-corrected chi connectivity index (χ2v) is 5.14. The number of amides is 1. The highest BCUT2D eigenvalue weighted by Gasteiger charge is 2.27. The van der Waals surface area contributed by atoms with Gasteiger partial charge in [-0.2, -0.15) is 11.8 Å². The lowest BCUT2D eigenvalue weighted by Gasteiger charge is -2.23. The van der Waals surface area contributed by atoms with Gasteiger partial charge in [0.2, 0.25) is 5.91 Å². The van der Waals surface area contributed by atoms with Crippen molar-refractivity contribution in [3.05, 3.63) is 0 Å². The molecule has 1 amide bonds. The summed E-state index contributed by atoms with van der Waals surface area (Å²) in [6.07, 6.45) is 0. The van der Waals surface area contributed by atoms with E-state index in [-0.39, 0.29) is 5.91 Å². The van der Waals surface area contributed by atoms with Crippen molar-refractivity contribution in [1.82, 2.24) is 5.43 Å². The Kier molecular flexibility index (Phi) is 5.36. The fraction of sp³-hybridized carbons (Fsp3) is 0.875. The summed E-state index contributed by atoms with van der Waals surface area (Å²) >= 11 is 1.69. The van der Waals surface area contributed by atoms with Crippen LogP contribution in [0.3, 0.4) is 0 Å². The standard InChI is InChI=1S/C8H19N3OS/c1-6(4-9)13-5-8(2,3)7(12)11-10/h6H,4-5,9-10H2,1-3H3,(H,11,12). The zero-order chi connectivity index (χ0) is 10.5. The molecule has 0 radical (unpaired) electrons. The fourth-order valence-corrected chi connectivity index (χ4v) is 1.65. The van der Waals surface area contributed by atoms with Crippen LogP contribution in [0.1, 0.15) is 20.8 Å². The van der Waals surface area contributed by atoms with Crippen molar-refractivity contribution >= 4 is 17.7 Å². The van der Waals surface area contributed by atoms with Gasteiger partial charge in [-0.1, -0.05) is 20.8 Å². The molecular weight excluding hydrogens is 186 g/mol. The van der Waals surface area contributed by atoms with Crippen LogP contribution in [-0.4, -0.2) is 23.5 Å². The molecule has 78 valence electrons. The van der Waals surface area contributed by atoms with Crippen molar-refractivity contribution in [3.63, 3.8) is 0 Å². The highest BCUT2D eigenvalue weighted by molar-refractivity contribution is 7.99. The second kappa shape index (κ2) is 5.47. The van der Waals surface area contributed by atoms with Gasteiger partial charge in [0, 0.05) is 17.5 Å². The van der Waals surface area contributed by atoms with E-state index in [1.54, 1.807) is 11.8 Å². The first-order valence-electron chi connectivity index (χ1n) is 4.26. The van der Waals surface area contributed by atoms with Crippen molar-refractivity contribution in [2.45, 2.75) is 26.0 Å². The van der Waals surface area contributed by atoms with E-state index in [1.165, 1.54) is 0 Å². The smallest absolute Gasteiger partial charge is 0.240 e. The number of carbonyl (C=O) groups is 1. The van der Waals surface area contributed by atoms with E-state index in [4.69, 9.17) is 11.6 Å². The summed E-state index contributed by atoms with van der Waals surface area (Å²) in [5.74, 6) is 5.66. The number of rotatable bonds is 5. The van der Waals surface area contributed by atoms with Gasteiger partial charge in [0.1, 0.15) is 0 Å². The fourth-order valence-electron chi connectivity index (χ4n) is 0.680. The van der Waals surface area contributed by atoms with Crippen LogP contribution in [0, 0.1) is 5.41 Å². The number of hydrogen-bond acceptors (Lipinski definition) is 4. The minimum Gasteiger partial charge on any atom is -0.329 e. The van der Waals surface area contributed by atoms with Crippen molar-refractivity contribution in [2.75, 3.05) is 12.3 Å². The first-order valence-corrected chi connectivity index (χ1v) is 5.31. The number of thioether (sulfide) groups is 1. The molecule has 0 fully saturated rings. The van der Waals surface area contributed by atoms with Gasteiger partial charge in [0.15, 0.2) is 0 Å². The molecule has 0 aromatic heterocycles. The molecule has 5 N–H and O–H groups in total. The van der Waals surface area contributed by atoms with E-state index in [9.17, 15) is 4.79 Å². The maximum atomic E-state index is 11.3. The van der Waals surface area contributed by atoms with Crippen LogP contribution < -0.4 is 17.0 Å². The molecule has 0 rings (SSSR count). The Morgan fingerprint density at radius 1 is 1.62 bits per heavy atom. The molecule has 0 aliphatic rings. The molecule has 0 bridgehead atoms. The van der Waals surface area contributed by atoms with E-state index in [0.717, 1.165) is 5.75 Å². The molecule has 1 unspecified atom stereocenters. The zero-order valence-electron chi connectivity index (χ0n) is 8.46. The lowest BCUT2D eigenvalue weighted by molar-refractivity contribution is -0.128. The Bertz CT molecular complexity index is 173. The maximum Gasteiger partial charge on any atom is 0.240 e. The monoisotopic (exact) mass is 205 g/mol. The predicted molar refractivity (Wildman–Crippen MR) is 57.1 cm³/mol. The van der Waals surface area contributed by atoms with Crippen LogP contribution >= 0.6 is 11.8 Å². The van der Waals surface area contributed by atoms with E-state index < -0.39 is 5.41 Å². The number of nitrogens with two attached hydrogens (primary N) is 2. The third kappa shape index (κ3) is 4.50.